The molecular formula is C26H19BrN4O. The van der Waals surface area contributed by atoms with Gasteiger partial charge in [0.05, 0.1) is 34.6 Å². The van der Waals surface area contributed by atoms with Gasteiger partial charge in [-0.15, -0.1) is 0 Å². The van der Waals surface area contributed by atoms with E-state index in [0.717, 1.165) is 20.9 Å². The number of nitrogens with zero attached hydrogens (tertiary/aromatic N) is 3. The van der Waals surface area contributed by atoms with Gasteiger partial charge in [0.15, 0.2) is 0 Å². The van der Waals surface area contributed by atoms with Gasteiger partial charge in [0, 0.05) is 16.1 Å². The largest absolute Gasteiger partial charge is 0.346 e. The third-order valence-corrected chi connectivity index (χ3v) is 5.40. The number of amides is 1. The first-order chi connectivity index (χ1) is 15.5. The standard InChI is InChI=1S/C26H19BrN4O/c1-17-3-2-4-18(11-17)5-8-21-13-24(23-12-20(27)7-10-25(23)31-21)26(32)30-16-22-9-6-19(14-28)15-29-22/h2-13,15H,16H2,1H3,(H,30,32)/b8-5+. The summed E-state index contributed by atoms with van der Waals surface area (Å²) in [5.74, 6) is -0.216. The molecule has 4 rings (SSSR count). The molecule has 2 heterocycles. The molecule has 0 aliphatic carbocycles. The number of carbonyl (C=O) groups excluding carboxylic acids is 1. The number of carbonyl (C=O) groups is 1. The van der Waals surface area contributed by atoms with Gasteiger partial charge >= 0.3 is 0 Å². The summed E-state index contributed by atoms with van der Waals surface area (Å²) in [7, 11) is 0. The van der Waals surface area contributed by atoms with Crippen molar-refractivity contribution in [3.05, 3.63) is 105 Å². The van der Waals surface area contributed by atoms with Gasteiger partial charge in [-0.25, -0.2) is 4.98 Å². The highest BCUT2D eigenvalue weighted by atomic mass is 79.9. The Labute approximate surface area is 194 Å². The predicted molar refractivity (Wildman–Crippen MR) is 130 cm³/mol. The average Bonchev–Trinajstić information content (AvgIpc) is 2.81. The van der Waals surface area contributed by atoms with E-state index in [9.17, 15) is 4.79 Å². The van der Waals surface area contributed by atoms with E-state index in [2.05, 4.69) is 45.3 Å². The van der Waals surface area contributed by atoms with Crippen molar-refractivity contribution in [2.75, 3.05) is 0 Å². The lowest BCUT2D eigenvalue weighted by molar-refractivity contribution is 0.0952. The molecule has 4 aromatic rings. The molecule has 0 radical (unpaired) electrons. The van der Waals surface area contributed by atoms with E-state index in [1.807, 2.05) is 48.6 Å². The third kappa shape index (κ3) is 5.08. The van der Waals surface area contributed by atoms with Gasteiger partial charge in [-0.3, -0.25) is 9.78 Å². The molecule has 6 heteroatoms. The van der Waals surface area contributed by atoms with Crippen molar-refractivity contribution in [3.63, 3.8) is 0 Å². The van der Waals surface area contributed by atoms with Crippen LogP contribution in [0.2, 0.25) is 0 Å². The topological polar surface area (TPSA) is 78.7 Å². The fourth-order valence-corrected chi connectivity index (χ4v) is 3.67. The van der Waals surface area contributed by atoms with Crippen LogP contribution < -0.4 is 5.32 Å². The molecule has 2 aromatic carbocycles. The van der Waals surface area contributed by atoms with Gasteiger partial charge < -0.3 is 5.32 Å². The van der Waals surface area contributed by atoms with Crippen LogP contribution in [0.25, 0.3) is 23.1 Å². The maximum Gasteiger partial charge on any atom is 0.252 e. The molecule has 1 N–H and O–H groups in total. The minimum absolute atomic E-state index is 0.216. The van der Waals surface area contributed by atoms with E-state index >= 15 is 0 Å². The van der Waals surface area contributed by atoms with Crippen LogP contribution in [0.4, 0.5) is 0 Å². The molecule has 156 valence electrons. The van der Waals surface area contributed by atoms with Crippen LogP contribution in [0.3, 0.4) is 0 Å². The first-order valence-corrected chi connectivity index (χ1v) is 10.8. The Kier molecular flexibility index (Phi) is 6.39. The van der Waals surface area contributed by atoms with Crippen molar-refractivity contribution < 1.29 is 4.79 Å². The van der Waals surface area contributed by atoms with Gasteiger partial charge in [0.1, 0.15) is 6.07 Å². The molecule has 0 aliphatic heterocycles. The normalized spacial score (nSPS) is 10.9. The number of hydrogen-bond donors (Lipinski definition) is 1. The Hall–Kier alpha value is -3.82. The maximum atomic E-state index is 13.1. The Balaban J connectivity index is 1.64. The highest BCUT2D eigenvalue weighted by Gasteiger charge is 2.13. The SMILES string of the molecule is Cc1cccc(/C=C/c2cc(C(=O)NCc3ccc(C#N)cn3)c3cc(Br)ccc3n2)c1. The van der Waals surface area contributed by atoms with Gasteiger partial charge in [-0.1, -0.05) is 51.8 Å². The van der Waals surface area contributed by atoms with Crippen LogP contribution >= 0.6 is 15.9 Å². The smallest absolute Gasteiger partial charge is 0.252 e. The summed E-state index contributed by atoms with van der Waals surface area (Å²) < 4.78 is 0.873. The van der Waals surface area contributed by atoms with Crippen LogP contribution in [0.15, 0.2) is 71.3 Å². The Morgan fingerprint density at radius 2 is 2.00 bits per heavy atom. The van der Waals surface area contributed by atoms with Gasteiger partial charge in [0.2, 0.25) is 0 Å². The highest BCUT2D eigenvalue weighted by molar-refractivity contribution is 9.10. The lowest BCUT2D eigenvalue weighted by Gasteiger charge is -2.10. The summed E-state index contributed by atoms with van der Waals surface area (Å²) in [6.07, 6.45) is 5.40. The molecule has 2 aromatic heterocycles. The van der Waals surface area contributed by atoms with Crippen LogP contribution in [-0.2, 0) is 6.54 Å². The van der Waals surface area contributed by atoms with Crippen molar-refractivity contribution in [3.8, 4) is 6.07 Å². The van der Waals surface area contributed by atoms with Crippen molar-refractivity contribution in [2.45, 2.75) is 13.5 Å². The molecule has 0 spiro atoms. The monoisotopic (exact) mass is 482 g/mol. The maximum absolute atomic E-state index is 13.1. The van der Waals surface area contributed by atoms with Crippen molar-refractivity contribution in [1.82, 2.24) is 15.3 Å². The van der Waals surface area contributed by atoms with Crippen LogP contribution in [0, 0.1) is 18.3 Å². The molecule has 0 fully saturated rings. The molecule has 0 atom stereocenters. The number of nitriles is 1. The van der Waals surface area contributed by atoms with E-state index in [-0.39, 0.29) is 12.5 Å². The number of hydrogen-bond acceptors (Lipinski definition) is 4. The summed E-state index contributed by atoms with van der Waals surface area (Å²) >= 11 is 3.48. The number of halogens is 1. The van der Waals surface area contributed by atoms with E-state index in [4.69, 9.17) is 10.2 Å². The highest BCUT2D eigenvalue weighted by Crippen LogP contribution is 2.24. The second-order valence-corrected chi connectivity index (χ2v) is 8.25. The Morgan fingerprint density at radius 3 is 2.75 bits per heavy atom. The average molecular weight is 483 g/mol. The Morgan fingerprint density at radius 1 is 1.12 bits per heavy atom. The molecule has 1 amide bonds. The number of pyridine rings is 2. The van der Waals surface area contributed by atoms with Crippen molar-refractivity contribution in [2.24, 2.45) is 0 Å². The first-order valence-electron chi connectivity index (χ1n) is 10.00. The summed E-state index contributed by atoms with van der Waals surface area (Å²) in [5.41, 5.74) is 5.38. The number of aryl methyl sites for hydroxylation is 1. The van der Waals surface area contributed by atoms with E-state index in [0.29, 0.717) is 22.5 Å². The molecule has 0 unspecified atom stereocenters. The minimum Gasteiger partial charge on any atom is -0.346 e. The second kappa shape index (κ2) is 9.54. The number of fused-ring (bicyclic) bond motifs is 1. The fraction of sp³-hybridized carbons (Fsp3) is 0.0769. The number of benzene rings is 2. The predicted octanol–water partition coefficient (Wildman–Crippen LogP) is 5.67. The third-order valence-electron chi connectivity index (χ3n) is 4.91. The van der Waals surface area contributed by atoms with Crippen LogP contribution in [0.1, 0.15) is 38.4 Å². The molecule has 0 saturated heterocycles. The number of nitrogens with one attached hydrogen (secondary N) is 1. The lowest BCUT2D eigenvalue weighted by atomic mass is 10.1. The second-order valence-electron chi connectivity index (χ2n) is 7.34. The van der Waals surface area contributed by atoms with Gasteiger partial charge in [-0.2, -0.15) is 5.26 Å². The van der Waals surface area contributed by atoms with E-state index < -0.39 is 0 Å². The Bertz CT molecular complexity index is 1370. The first kappa shape index (κ1) is 21.4. The van der Waals surface area contributed by atoms with Crippen molar-refractivity contribution >= 4 is 44.9 Å². The molecular weight excluding hydrogens is 464 g/mol. The zero-order valence-electron chi connectivity index (χ0n) is 17.3. The lowest BCUT2D eigenvalue weighted by Crippen LogP contribution is -2.23. The summed E-state index contributed by atoms with van der Waals surface area (Å²) in [6.45, 7) is 2.31. The quantitative estimate of drug-likeness (QED) is 0.397. The van der Waals surface area contributed by atoms with E-state index in [1.165, 1.54) is 11.8 Å². The zero-order valence-corrected chi connectivity index (χ0v) is 18.9. The fourth-order valence-electron chi connectivity index (χ4n) is 3.31. The molecule has 32 heavy (non-hydrogen) atoms. The molecule has 0 bridgehead atoms. The van der Waals surface area contributed by atoms with Crippen LogP contribution in [-0.4, -0.2) is 15.9 Å². The van der Waals surface area contributed by atoms with Gasteiger partial charge in [-0.05, 0) is 55.0 Å². The molecule has 0 saturated carbocycles. The van der Waals surface area contributed by atoms with E-state index in [1.54, 1.807) is 18.2 Å². The van der Waals surface area contributed by atoms with Gasteiger partial charge in [0.25, 0.3) is 5.91 Å². The molecule has 5 nitrogen and oxygen atoms in total. The van der Waals surface area contributed by atoms with Crippen molar-refractivity contribution in [1.29, 1.82) is 5.26 Å². The molecule has 0 aliphatic rings. The number of rotatable bonds is 5. The summed E-state index contributed by atoms with van der Waals surface area (Å²) in [6, 6.07) is 21.1. The summed E-state index contributed by atoms with van der Waals surface area (Å²) in [4.78, 5) is 22.0. The summed E-state index contributed by atoms with van der Waals surface area (Å²) in [5, 5.41) is 12.6. The minimum atomic E-state index is -0.216. The van der Waals surface area contributed by atoms with Crippen LogP contribution in [0.5, 0.6) is 0 Å². The number of aromatic nitrogens is 2. The zero-order chi connectivity index (χ0) is 22.5.